The van der Waals surface area contributed by atoms with Crippen molar-refractivity contribution in [2.45, 2.75) is 24.3 Å². The van der Waals surface area contributed by atoms with E-state index < -0.39 is 0 Å². The van der Waals surface area contributed by atoms with Gasteiger partial charge in [-0.3, -0.25) is 10.2 Å². The highest BCUT2D eigenvalue weighted by Crippen LogP contribution is 2.21. The Hall–Kier alpha value is -1.04. The first kappa shape index (κ1) is 13.0. The van der Waals surface area contributed by atoms with Gasteiger partial charge < -0.3 is 5.73 Å². The van der Waals surface area contributed by atoms with Crippen LogP contribution in [0.25, 0.3) is 0 Å². The molecule has 0 aliphatic rings. The maximum absolute atomic E-state index is 11.0. The fourth-order valence-electron chi connectivity index (χ4n) is 1.35. The van der Waals surface area contributed by atoms with E-state index in [1.807, 2.05) is 24.3 Å². The van der Waals surface area contributed by atoms with Gasteiger partial charge in [0.15, 0.2) is 0 Å². The predicted molar refractivity (Wildman–Crippen MR) is 66.7 cm³/mol. The molecule has 0 aliphatic carbocycles. The summed E-state index contributed by atoms with van der Waals surface area (Å²) in [5.41, 5.74) is 8.89. The van der Waals surface area contributed by atoms with Crippen molar-refractivity contribution in [1.82, 2.24) is 5.43 Å². The van der Waals surface area contributed by atoms with Gasteiger partial charge in [0.1, 0.15) is 0 Å². The Bertz CT molecular complexity index is 340. The van der Waals surface area contributed by atoms with Crippen LogP contribution in [0.5, 0.6) is 0 Å². The number of carbonyl (C=O) groups is 1. The number of hydrogen-bond donors (Lipinski definition) is 3. The highest BCUT2D eigenvalue weighted by atomic mass is 32.2. The van der Waals surface area contributed by atoms with E-state index in [0.717, 1.165) is 11.3 Å². The Morgan fingerprint density at radius 2 is 2.06 bits per heavy atom. The molecule has 0 spiro atoms. The summed E-state index contributed by atoms with van der Waals surface area (Å²) < 4.78 is 0. The van der Waals surface area contributed by atoms with Crippen molar-refractivity contribution in [3.8, 4) is 0 Å². The molecule has 1 amide bonds. The fourth-order valence-corrected chi connectivity index (χ4v) is 2.02. The second-order valence-electron chi connectivity index (χ2n) is 3.38. The molecule has 1 rings (SSSR count). The molecule has 88 valence electrons. The average Bonchev–Trinajstić information content (AvgIpc) is 2.30. The van der Waals surface area contributed by atoms with Crippen molar-refractivity contribution < 1.29 is 4.79 Å². The number of benzene rings is 1. The van der Waals surface area contributed by atoms with Gasteiger partial charge in [-0.2, -0.15) is 0 Å². The normalized spacial score (nSPS) is 12.2. The van der Waals surface area contributed by atoms with Crippen molar-refractivity contribution in [3.05, 3.63) is 29.8 Å². The van der Waals surface area contributed by atoms with Gasteiger partial charge in [0.25, 0.3) is 0 Å². The molecule has 0 bridgehead atoms. The van der Waals surface area contributed by atoms with E-state index in [1.54, 1.807) is 11.8 Å². The van der Waals surface area contributed by atoms with Gasteiger partial charge in [-0.05, 0) is 23.4 Å². The number of thioether (sulfide) groups is 1. The minimum Gasteiger partial charge on any atom is -0.324 e. The quantitative estimate of drug-likeness (QED) is 0.312. The molecule has 1 aromatic carbocycles. The van der Waals surface area contributed by atoms with Crippen LogP contribution in [-0.2, 0) is 4.79 Å². The van der Waals surface area contributed by atoms with Gasteiger partial charge in [-0.25, -0.2) is 5.84 Å². The summed E-state index contributed by atoms with van der Waals surface area (Å²) in [7, 11) is 0. The van der Waals surface area contributed by atoms with E-state index in [4.69, 9.17) is 11.6 Å². The molecule has 16 heavy (non-hydrogen) atoms. The van der Waals surface area contributed by atoms with E-state index in [9.17, 15) is 4.79 Å². The molecule has 0 radical (unpaired) electrons. The van der Waals surface area contributed by atoms with Gasteiger partial charge in [-0.1, -0.05) is 19.1 Å². The molecule has 0 saturated heterocycles. The van der Waals surface area contributed by atoms with E-state index in [1.165, 1.54) is 4.90 Å². The van der Waals surface area contributed by atoms with Gasteiger partial charge in [0, 0.05) is 17.4 Å². The molecule has 1 unspecified atom stereocenters. The predicted octanol–water partition coefficient (Wildman–Crippen LogP) is 1.18. The average molecular weight is 239 g/mol. The summed E-state index contributed by atoms with van der Waals surface area (Å²) in [5.74, 6) is 5.80. The first-order chi connectivity index (χ1) is 7.67. The van der Waals surface area contributed by atoms with Crippen LogP contribution in [0.2, 0.25) is 0 Å². The molecule has 0 fully saturated rings. The van der Waals surface area contributed by atoms with Crippen LogP contribution >= 0.6 is 11.8 Å². The monoisotopic (exact) mass is 239 g/mol. The van der Waals surface area contributed by atoms with Gasteiger partial charge in [0.05, 0.1) is 0 Å². The zero-order valence-electron chi connectivity index (χ0n) is 9.27. The smallest absolute Gasteiger partial charge is 0.235 e. The summed E-state index contributed by atoms with van der Waals surface area (Å²) in [6, 6.07) is 7.64. The number of carbonyl (C=O) groups excluding carboxylic acids is 1. The van der Waals surface area contributed by atoms with E-state index in [-0.39, 0.29) is 18.4 Å². The van der Waals surface area contributed by atoms with Crippen molar-refractivity contribution in [1.29, 1.82) is 0 Å². The van der Waals surface area contributed by atoms with Crippen LogP contribution in [-0.4, -0.2) is 11.7 Å². The highest BCUT2D eigenvalue weighted by Gasteiger charge is 2.10. The largest absolute Gasteiger partial charge is 0.324 e. The lowest BCUT2D eigenvalue weighted by Gasteiger charge is -2.11. The first-order valence-corrected chi connectivity index (χ1v) is 6.13. The number of rotatable bonds is 5. The summed E-state index contributed by atoms with van der Waals surface area (Å²) in [5, 5.41) is 0. The van der Waals surface area contributed by atoms with Gasteiger partial charge in [0.2, 0.25) is 5.91 Å². The molecule has 4 nitrogen and oxygen atoms in total. The highest BCUT2D eigenvalue weighted by molar-refractivity contribution is 7.99. The van der Waals surface area contributed by atoms with Crippen molar-refractivity contribution >= 4 is 17.7 Å². The summed E-state index contributed by atoms with van der Waals surface area (Å²) in [4.78, 5) is 12.3. The van der Waals surface area contributed by atoms with E-state index >= 15 is 0 Å². The maximum Gasteiger partial charge on any atom is 0.235 e. The number of hydrazine groups is 1. The van der Waals surface area contributed by atoms with E-state index in [2.05, 4.69) is 12.3 Å². The standard InChI is InChI=1S/C11H17N3OS/c1-2-16-9-5-3-8(4-6-9)10(12)7-11(15)14-13/h3-6,10H,2,7,12-13H2,1H3,(H,14,15). The molecule has 0 aromatic heterocycles. The SMILES string of the molecule is CCSc1ccc(C(N)CC(=O)NN)cc1. The van der Waals surface area contributed by atoms with Crippen molar-refractivity contribution in [3.63, 3.8) is 0 Å². The van der Waals surface area contributed by atoms with Gasteiger partial charge in [-0.15, -0.1) is 11.8 Å². The summed E-state index contributed by atoms with van der Waals surface area (Å²) in [6.07, 6.45) is 0.205. The van der Waals surface area contributed by atoms with Crippen LogP contribution in [0.3, 0.4) is 0 Å². The van der Waals surface area contributed by atoms with Crippen LogP contribution in [0.4, 0.5) is 0 Å². The molecule has 0 aliphatic heterocycles. The third-order valence-corrected chi connectivity index (χ3v) is 3.08. The van der Waals surface area contributed by atoms with Crippen molar-refractivity contribution in [2.75, 3.05) is 5.75 Å². The number of nitrogens with two attached hydrogens (primary N) is 2. The summed E-state index contributed by atoms with van der Waals surface area (Å²) >= 11 is 1.77. The Labute approximate surface area is 99.7 Å². The van der Waals surface area contributed by atoms with Crippen molar-refractivity contribution in [2.24, 2.45) is 11.6 Å². The van der Waals surface area contributed by atoms with Crippen LogP contribution in [0, 0.1) is 0 Å². The van der Waals surface area contributed by atoms with Crippen LogP contribution < -0.4 is 17.0 Å². The molecular weight excluding hydrogens is 222 g/mol. The Morgan fingerprint density at radius 1 is 1.44 bits per heavy atom. The Morgan fingerprint density at radius 3 is 2.56 bits per heavy atom. The first-order valence-electron chi connectivity index (χ1n) is 5.15. The number of nitrogens with one attached hydrogen (secondary N) is 1. The number of hydrogen-bond acceptors (Lipinski definition) is 4. The molecular formula is C11H17N3OS. The molecule has 5 heteroatoms. The van der Waals surface area contributed by atoms with Crippen LogP contribution in [0.1, 0.15) is 24.9 Å². The van der Waals surface area contributed by atoms with E-state index in [0.29, 0.717) is 0 Å². The topological polar surface area (TPSA) is 81.1 Å². The lowest BCUT2D eigenvalue weighted by atomic mass is 10.0. The lowest BCUT2D eigenvalue weighted by molar-refractivity contribution is -0.121. The zero-order valence-corrected chi connectivity index (χ0v) is 10.1. The molecule has 5 N–H and O–H groups in total. The van der Waals surface area contributed by atoms with Gasteiger partial charge >= 0.3 is 0 Å². The molecule has 1 aromatic rings. The fraction of sp³-hybridized carbons (Fsp3) is 0.364. The molecule has 0 saturated carbocycles. The minimum absolute atomic E-state index is 0.205. The molecule has 1 atom stereocenters. The second-order valence-corrected chi connectivity index (χ2v) is 4.72. The number of amides is 1. The second kappa shape index (κ2) is 6.52. The Kier molecular flexibility index (Phi) is 5.31. The summed E-state index contributed by atoms with van der Waals surface area (Å²) in [6.45, 7) is 2.11. The minimum atomic E-state index is -0.302. The lowest BCUT2D eigenvalue weighted by Crippen LogP contribution is -2.32. The molecule has 0 heterocycles. The third kappa shape index (κ3) is 3.84. The third-order valence-electron chi connectivity index (χ3n) is 2.19. The maximum atomic E-state index is 11.0. The Balaban J connectivity index is 2.62. The van der Waals surface area contributed by atoms with Crippen LogP contribution in [0.15, 0.2) is 29.2 Å². The zero-order chi connectivity index (χ0) is 12.0.